The maximum absolute atomic E-state index is 12.9. The standard InChI is InChI=1S/C21H28N6O3/c1-2-25-12-17(10-23-25)9-22-19(28)8-20-4-15-3-16(5-20)7-21(6-15,14-20)26-13-18(11-24-26)27(29)30/h10-13,15-16H,2-9,14H2,1H3,(H,22,28). The minimum atomic E-state index is -0.381. The van der Waals surface area contributed by atoms with E-state index in [1.54, 1.807) is 12.4 Å². The van der Waals surface area contributed by atoms with Crippen LogP contribution in [0.1, 0.15) is 57.4 Å². The van der Waals surface area contributed by atoms with Crippen LogP contribution < -0.4 is 5.32 Å². The fourth-order valence-electron chi connectivity index (χ4n) is 6.82. The van der Waals surface area contributed by atoms with Crippen molar-refractivity contribution in [3.8, 4) is 0 Å². The Morgan fingerprint density at radius 3 is 2.63 bits per heavy atom. The Balaban J connectivity index is 1.31. The van der Waals surface area contributed by atoms with Crippen LogP contribution in [0.3, 0.4) is 0 Å². The van der Waals surface area contributed by atoms with E-state index in [2.05, 4.69) is 15.5 Å². The number of nitro groups is 1. The minimum Gasteiger partial charge on any atom is -0.352 e. The molecule has 1 N–H and O–H groups in total. The number of nitrogens with one attached hydrogen (secondary N) is 1. The highest BCUT2D eigenvalue weighted by atomic mass is 16.6. The summed E-state index contributed by atoms with van der Waals surface area (Å²) in [6.45, 7) is 3.35. The van der Waals surface area contributed by atoms with E-state index in [1.165, 1.54) is 12.6 Å². The number of aryl methyl sites for hydroxylation is 1. The first kappa shape index (κ1) is 19.3. The average molecular weight is 412 g/mol. The first-order valence-electron chi connectivity index (χ1n) is 10.9. The number of aromatic nitrogens is 4. The third-order valence-electron chi connectivity index (χ3n) is 7.45. The molecule has 2 unspecified atom stereocenters. The Morgan fingerprint density at radius 2 is 2.00 bits per heavy atom. The number of nitrogens with zero attached hydrogens (tertiary/aromatic N) is 5. The van der Waals surface area contributed by atoms with Gasteiger partial charge in [-0.05, 0) is 62.7 Å². The molecule has 4 aliphatic rings. The molecule has 4 aliphatic carbocycles. The summed E-state index contributed by atoms with van der Waals surface area (Å²) in [5.41, 5.74) is 0.852. The van der Waals surface area contributed by atoms with Crippen LogP contribution in [0, 0.1) is 27.4 Å². The predicted octanol–water partition coefficient (Wildman–Crippen LogP) is 3.01. The molecular formula is C21H28N6O3. The number of hydrogen-bond donors (Lipinski definition) is 1. The van der Waals surface area contributed by atoms with Gasteiger partial charge in [0.25, 0.3) is 0 Å². The van der Waals surface area contributed by atoms with Crippen molar-refractivity contribution >= 4 is 11.6 Å². The molecule has 2 aromatic heterocycles. The maximum atomic E-state index is 12.9. The molecule has 160 valence electrons. The van der Waals surface area contributed by atoms with Crippen LogP contribution in [0.25, 0.3) is 0 Å². The van der Waals surface area contributed by atoms with Gasteiger partial charge in [-0.15, -0.1) is 0 Å². The van der Waals surface area contributed by atoms with Crippen molar-refractivity contribution in [2.45, 2.75) is 70.5 Å². The number of hydrogen-bond acceptors (Lipinski definition) is 5. The lowest BCUT2D eigenvalue weighted by molar-refractivity contribution is -0.385. The monoisotopic (exact) mass is 412 g/mol. The maximum Gasteiger partial charge on any atom is 0.307 e. The summed E-state index contributed by atoms with van der Waals surface area (Å²) in [6.07, 6.45) is 13.5. The van der Waals surface area contributed by atoms with Gasteiger partial charge in [-0.2, -0.15) is 10.2 Å². The van der Waals surface area contributed by atoms with Crippen LogP contribution in [0.2, 0.25) is 0 Å². The van der Waals surface area contributed by atoms with E-state index >= 15 is 0 Å². The Hall–Kier alpha value is -2.71. The molecule has 30 heavy (non-hydrogen) atoms. The van der Waals surface area contributed by atoms with Gasteiger partial charge in [-0.25, -0.2) is 0 Å². The zero-order chi connectivity index (χ0) is 20.9. The lowest BCUT2D eigenvalue weighted by Crippen LogP contribution is -2.57. The van der Waals surface area contributed by atoms with Gasteiger partial charge in [0.1, 0.15) is 12.4 Å². The number of amides is 1. The molecule has 4 fully saturated rings. The largest absolute Gasteiger partial charge is 0.352 e. The van der Waals surface area contributed by atoms with Crippen LogP contribution in [0.4, 0.5) is 5.69 Å². The SMILES string of the molecule is CCn1cc(CNC(=O)CC23CC4CC(C2)CC(n2cc([N+](=O)[O-])cn2)(C4)C3)cn1. The van der Waals surface area contributed by atoms with E-state index in [0.717, 1.165) is 44.2 Å². The second-order valence-electron chi connectivity index (χ2n) is 9.74. The van der Waals surface area contributed by atoms with E-state index in [4.69, 9.17) is 0 Å². The normalized spacial score (nSPS) is 31.8. The second-order valence-corrected chi connectivity index (χ2v) is 9.74. The Bertz CT molecular complexity index is 965. The van der Waals surface area contributed by atoms with Gasteiger partial charge >= 0.3 is 5.69 Å². The zero-order valence-electron chi connectivity index (χ0n) is 17.3. The van der Waals surface area contributed by atoms with Crippen molar-refractivity contribution in [3.63, 3.8) is 0 Å². The van der Waals surface area contributed by atoms with E-state index < -0.39 is 0 Å². The predicted molar refractivity (Wildman–Crippen MR) is 108 cm³/mol. The van der Waals surface area contributed by atoms with Crippen LogP contribution >= 0.6 is 0 Å². The molecule has 2 atom stereocenters. The van der Waals surface area contributed by atoms with Gasteiger partial charge in [0.2, 0.25) is 5.91 Å². The quantitative estimate of drug-likeness (QED) is 0.555. The minimum absolute atomic E-state index is 0.0253. The summed E-state index contributed by atoms with van der Waals surface area (Å²) in [4.78, 5) is 23.6. The zero-order valence-corrected chi connectivity index (χ0v) is 17.3. The van der Waals surface area contributed by atoms with Gasteiger partial charge in [0, 0.05) is 31.3 Å². The molecule has 0 aliphatic heterocycles. The third-order valence-corrected chi connectivity index (χ3v) is 7.45. The molecule has 0 saturated heterocycles. The summed E-state index contributed by atoms with van der Waals surface area (Å²) in [5.74, 6) is 1.23. The highest BCUT2D eigenvalue weighted by Crippen LogP contribution is 2.65. The van der Waals surface area contributed by atoms with Crippen molar-refractivity contribution in [3.05, 3.63) is 40.5 Å². The molecule has 0 aromatic carbocycles. The molecule has 9 nitrogen and oxygen atoms in total. The number of carbonyl (C=O) groups is 1. The topological polar surface area (TPSA) is 108 Å². The Kier molecular flexibility index (Phi) is 4.44. The summed E-state index contributed by atoms with van der Waals surface area (Å²) < 4.78 is 3.71. The van der Waals surface area contributed by atoms with E-state index in [1.807, 2.05) is 22.5 Å². The van der Waals surface area contributed by atoms with Crippen LogP contribution in [-0.2, 0) is 23.4 Å². The van der Waals surface area contributed by atoms with E-state index in [0.29, 0.717) is 24.8 Å². The summed E-state index contributed by atoms with van der Waals surface area (Å²) in [5, 5.41) is 22.9. The first-order chi connectivity index (χ1) is 14.4. The van der Waals surface area contributed by atoms with Crippen molar-refractivity contribution in [2.75, 3.05) is 0 Å². The van der Waals surface area contributed by atoms with Crippen LogP contribution in [0.5, 0.6) is 0 Å². The molecule has 1 amide bonds. The van der Waals surface area contributed by atoms with Crippen molar-refractivity contribution < 1.29 is 9.72 Å². The second kappa shape index (κ2) is 6.92. The highest BCUT2D eigenvalue weighted by Gasteiger charge is 2.59. The smallest absolute Gasteiger partial charge is 0.307 e. The van der Waals surface area contributed by atoms with Gasteiger partial charge in [0.15, 0.2) is 0 Å². The summed E-state index contributed by atoms with van der Waals surface area (Å²) in [6, 6.07) is 0. The van der Waals surface area contributed by atoms with Gasteiger partial charge in [0.05, 0.1) is 16.7 Å². The molecule has 0 spiro atoms. The van der Waals surface area contributed by atoms with E-state index in [9.17, 15) is 14.9 Å². The molecule has 0 radical (unpaired) electrons. The van der Waals surface area contributed by atoms with Crippen molar-refractivity contribution in [1.29, 1.82) is 0 Å². The highest BCUT2D eigenvalue weighted by molar-refractivity contribution is 5.76. The average Bonchev–Trinajstić information content (AvgIpc) is 3.35. The summed E-state index contributed by atoms with van der Waals surface area (Å²) in [7, 11) is 0. The summed E-state index contributed by atoms with van der Waals surface area (Å²) >= 11 is 0. The lowest BCUT2D eigenvalue weighted by Gasteiger charge is -2.61. The Morgan fingerprint density at radius 1 is 1.23 bits per heavy atom. The molecule has 9 heteroatoms. The Labute approximate surface area is 175 Å². The number of rotatable bonds is 7. The first-order valence-corrected chi connectivity index (χ1v) is 10.9. The molecule has 2 aromatic rings. The number of carbonyl (C=O) groups excluding carboxylic acids is 1. The third kappa shape index (κ3) is 3.30. The van der Waals surface area contributed by atoms with Crippen LogP contribution in [0.15, 0.2) is 24.8 Å². The molecule has 2 heterocycles. The molecule has 4 saturated carbocycles. The fraction of sp³-hybridized carbons (Fsp3) is 0.667. The molecule has 4 bridgehead atoms. The van der Waals surface area contributed by atoms with Gasteiger partial charge < -0.3 is 5.32 Å². The molecule has 6 rings (SSSR count). The fourth-order valence-corrected chi connectivity index (χ4v) is 6.82. The van der Waals surface area contributed by atoms with Crippen molar-refractivity contribution in [1.82, 2.24) is 24.9 Å². The molecular weight excluding hydrogens is 384 g/mol. The lowest BCUT2D eigenvalue weighted by atomic mass is 9.46. The van der Waals surface area contributed by atoms with Gasteiger partial charge in [-0.3, -0.25) is 24.3 Å². The van der Waals surface area contributed by atoms with E-state index in [-0.39, 0.29) is 27.5 Å². The van der Waals surface area contributed by atoms with Gasteiger partial charge in [-0.1, -0.05) is 0 Å². The van der Waals surface area contributed by atoms with Crippen molar-refractivity contribution in [2.24, 2.45) is 17.3 Å². The van der Waals surface area contributed by atoms with Crippen LogP contribution in [-0.4, -0.2) is 30.4 Å².